The third-order valence-electron chi connectivity index (χ3n) is 4.50. The van der Waals surface area contributed by atoms with Gasteiger partial charge in [0.05, 0.1) is 16.6 Å². The van der Waals surface area contributed by atoms with Crippen LogP contribution < -0.4 is 5.32 Å². The predicted molar refractivity (Wildman–Crippen MR) is 102 cm³/mol. The van der Waals surface area contributed by atoms with Crippen molar-refractivity contribution in [2.24, 2.45) is 0 Å². The minimum atomic E-state index is -0.988. The number of anilines is 1. The molecule has 0 bridgehead atoms. The number of benzene rings is 2. The summed E-state index contributed by atoms with van der Waals surface area (Å²) in [6.45, 7) is 5.29. The number of carbonyl (C=O) groups is 2. The van der Waals surface area contributed by atoms with Gasteiger partial charge in [0.1, 0.15) is 5.15 Å². The van der Waals surface area contributed by atoms with Gasteiger partial charge in [-0.2, -0.15) is 0 Å². The number of halogens is 1. The number of carboxylic acids is 1. The molecule has 26 heavy (non-hydrogen) atoms. The molecule has 2 N–H and O–H groups in total. The first-order valence-electron chi connectivity index (χ1n) is 8.00. The summed E-state index contributed by atoms with van der Waals surface area (Å²) in [4.78, 5) is 28.5. The highest BCUT2D eigenvalue weighted by molar-refractivity contribution is 6.30. The molecule has 3 aromatic rings. The van der Waals surface area contributed by atoms with Crippen molar-refractivity contribution in [2.75, 3.05) is 5.32 Å². The van der Waals surface area contributed by atoms with Gasteiger partial charge in [-0.25, -0.2) is 9.78 Å². The lowest BCUT2D eigenvalue weighted by atomic mass is 9.97. The summed E-state index contributed by atoms with van der Waals surface area (Å²) in [5.41, 5.74) is 3.92. The number of carboxylic acid groups (broad SMARTS) is 1. The Morgan fingerprint density at radius 1 is 1.04 bits per heavy atom. The molecule has 3 rings (SSSR count). The molecule has 1 aromatic heterocycles. The lowest BCUT2D eigenvalue weighted by Crippen LogP contribution is -2.16. The average Bonchev–Trinajstić information content (AvgIpc) is 2.60. The molecule has 0 spiro atoms. The molecule has 6 heteroatoms. The first kappa shape index (κ1) is 17.9. The monoisotopic (exact) mass is 368 g/mol. The predicted octanol–water partition coefficient (Wildman–Crippen LogP) is 4.76. The SMILES string of the molecule is Cc1cc(C(=O)O)c(C)c(C)c1NC(=O)c1cc(Cl)nc2ccccc12. The fourth-order valence-corrected chi connectivity index (χ4v) is 3.21. The number of hydrogen-bond donors (Lipinski definition) is 2. The number of fused-ring (bicyclic) bond motifs is 1. The second-order valence-corrected chi connectivity index (χ2v) is 6.52. The van der Waals surface area contributed by atoms with Gasteiger partial charge in [-0.15, -0.1) is 0 Å². The van der Waals surface area contributed by atoms with Crippen molar-refractivity contribution in [1.82, 2.24) is 4.98 Å². The Kier molecular flexibility index (Phi) is 4.66. The van der Waals surface area contributed by atoms with Gasteiger partial charge in [-0.3, -0.25) is 4.79 Å². The highest BCUT2D eigenvalue weighted by Crippen LogP contribution is 2.28. The van der Waals surface area contributed by atoms with Gasteiger partial charge in [-0.05, 0) is 55.7 Å². The van der Waals surface area contributed by atoms with E-state index in [-0.39, 0.29) is 16.6 Å². The second-order valence-electron chi connectivity index (χ2n) is 6.13. The summed E-state index contributed by atoms with van der Waals surface area (Å²) in [6.07, 6.45) is 0. The molecule has 132 valence electrons. The van der Waals surface area contributed by atoms with Crippen molar-refractivity contribution in [1.29, 1.82) is 0 Å². The van der Waals surface area contributed by atoms with E-state index in [0.29, 0.717) is 33.3 Å². The van der Waals surface area contributed by atoms with Crippen LogP contribution in [-0.2, 0) is 0 Å². The quantitative estimate of drug-likeness (QED) is 0.653. The molecule has 0 aliphatic heterocycles. The maximum absolute atomic E-state index is 12.9. The molecule has 0 aliphatic carbocycles. The maximum atomic E-state index is 12.9. The zero-order chi connectivity index (χ0) is 19.0. The van der Waals surface area contributed by atoms with E-state index in [1.807, 2.05) is 18.2 Å². The van der Waals surface area contributed by atoms with E-state index in [9.17, 15) is 14.7 Å². The maximum Gasteiger partial charge on any atom is 0.335 e. The van der Waals surface area contributed by atoms with Crippen LogP contribution in [0.2, 0.25) is 5.15 Å². The molecule has 0 aliphatic rings. The standard InChI is InChI=1S/C20H17ClN2O3/c1-10-8-14(20(25)26)11(2)12(3)18(10)23-19(24)15-9-17(21)22-16-7-5-4-6-13(15)16/h4-9H,1-3H3,(H,23,24)(H,25,26). The summed E-state index contributed by atoms with van der Waals surface area (Å²) in [7, 11) is 0. The number of aryl methyl sites for hydroxylation is 1. The van der Waals surface area contributed by atoms with Gasteiger partial charge < -0.3 is 10.4 Å². The number of nitrogens with zero attached hydrogens (tertiary/aromatic N) is 1. The number of hydrogen-bond acceptors (Lipinski definition) is 3. The number of pyridine rings is 1. The van der Waals surface area contributed by atoms with Gasteiger partial charge in [0.25, 0.3) is 5.91 Å². The largest absolute Gasteiger partial charge is 0.478 e. The van der Waals surface area contributed by atoms with E-state index in [2.05, 4.69) is 10.3 Å². The normalized spacial score (nSPS) is 10.8. The second kappa shape index (κ2) is 6.77. The van der Waals surface area contributed by atoms with Gasteiger partial charge in [0.15, 0.2) is 0 Å². The van der Waals surface area contributed by atoms with Crippen molar-refractivity contribution < 1.29 is 14.7 Å². The lowest BCUT2D eigenvalue weighted by molar-refractivity contribution is 0.0695. The molecule has 5 nitrogen and oxygen atoms in total. The fraction of sp³-hybridized carbons (Fsp3) is 0.150. The number of rotatable bonds is 3. The van der Waals surface area contributed by atoms with Gasteiger partial charge in [-0.1, -0.05) is 29.8 Å². The van der Waals surface area contributed by atoms with Gasteiger partial charge in [0.2, 0.25) is 0 Å². The average molecular weight is 369 g/mol. The Balaban J connectivity index is 2.07. The van der Waals surface area contributed by atoms with Crippen LogP contribution in [0.5, 0.6) is 0 Å². The molecule has 0 saturated heterocycles. The smallest absolute Gasteiger partial charge is 0.335 e. The fourth-order valence-electron chi connectivity index (χ4n) is 3.01. The molecule has 0 saturated carbocycles. The molecular formula is C20H17ClN2O3. The molecule has 0 radical (unpaired) electrons. The molecule has 1 amide bonds. The summed E-state index contributed by atoms with van der Waals surface area (Å²) in [5.74, 6) is -1.31. The Labute approximate surface area is 155 Å². The first-order valence-corrected chi connectivity index (χ1v) is 8.38. The number of aromatic carboxylic acids is 1. The van der Waals surface area contributed by atoms with E-state index >= 15 is 0 Å². The number of nitrogens with one attached hydrogen (secondary N) is 1. The van der Waals surface area contributed by atoms with Gasteiger partial charge >= 0.3 is 5.97 Å². The van der Waals surface area contributed by atoms with Crippen LogP contribution in [0.1, 0.15) is 37.4 Å². The molecule has 2 aromatic carbocycles. The summed E-state index contributed by atoms with van der Waals surface area (Å²) in [5, 5.41) is 13.1. The Morgan fingerprint density at radius 2 is 1.73 bits per heavy atom. The summed E-state index contributed by atoms with van der Waals surface area (Å²) < 4.78 is 0. The van der Waals surface area contributed by atoms with Crippen molar-refractivity contribution >= 4 is 40.1 Å². The number of para-hydroxylation sites is 1. The molecule has 0 unspecified atom stereocenters. The third kappa shape index (κ3) is 3.13. The van der Waals surface area contributed by atoms with Crippen LogP contribution in [0, 0.1) is 20.8 Å². The van der Waals surface area contributed by atoms with Crippen LogP contribution in [0.4, 0.5) is 5.69 Å². The van der Waals surface area contributed by atoms with E-state index in [1.54, 1.807) is 32.9 Å². The number of carbonyl (C=O) groups excluding carboxylic acids is 1. The minimum Gasteiger partial charge on any atom is -0.478 e. The van der Waals surface area contributed by atoms with E-state index < -0.39 is 5.97 Å². The van der Waals surface area contributed by atoms with Crippen molar-refractivity contribution in [2.45, 2.75) is 20.8 Å². The molecule has 0 fully saturated rings. The lowest BCUT2D eigenvalue weighted by Gasteiger charge is -2.16. The van der Waals surface area contributed by atoms with Crippen LogP contribution in [-0.4, -0.2) is 22.0 Å². The number of aromatic nitrogens is 1. The van der Waals surface area contributed by atoms with Crippen LogP contribution >= 0.6 is 11.6 Å². The highest BCUT2D eigenvalue weighted by Gasteiger charge is 2.18. The first-order chi connectivity index (χ1) is 12.3. The van der Waals surface area contributed by atoms with Crippen molar-refractivity contribution in [3.8, 4) is 0 Å². The van der Waals surface area contributed by atoms with Crippen molar-refractivity contribution in [3.63, 3.8) is 0 Å². The Hall–Kier alpha value is -2.92. The van der Waals surface area contributed by atoms with E-state index in [1.165, 1.54) is 6.07 Å². The molecular weight excluding hydrogens is 352 g/mol. The third-order valence-corrected chi connectivity index (χ3v) is 4.69. The summed E-state index contributed by atoms with van der Waals surface area (Å²) in [6, 6.07) is 10.4. The minimum absolute atomic E-state index is 0.232. The molecule has 1 heterocycles. The van der Waals surface area contributed by atoms with Crippen LogP contribution in [0.3, 0.4) is 0 Å². The Morgan fingerprint density at radius 3 is 2.42 bits per heavy atom. The zero-order valence-corrected chi connectivity index (χ0v) is 15.3. The summed E-state index contributed by atoms with van der Waals surface area (Å²) >= 11 is 6.06. The highest BCUT2D eigenvalue weighted by atomic mass is 35.5. The van der Waals surface area contributed by atoms with Crippen molar-refractivity contribution in [3.05, 3.63) is 69.4 Å². The van der Waals surface area contributed by atoms with E-state index in [4.69, 9.17) is 11.6 Å². The van der Waals surface area contributed by atoms with Crippen LogP contribution in [0.15, 0.2) is 36.4 Å². The topological polar surface area (TPSA) is 79.3 Å². The van der Waals surface area contributed by atoms with Gasteiger partial charge in [0, 0.05) is 11.1 Å². The van der Waals surface area contributed by atoms with Crippen LogP contribution in [0.25, 0.3) is 10.9 Å². The Bertz CT molecular complexity index is 1060. The van der Waals surface area contributed by atoms with E-state index in [0.717, 1.165) is 5.56 Å². The molecule has 0 atom stereocenters. The number of amides is 1. The zero-order valence-electron chi connectivity index (χ0n) is 14.6.